The second kappa shape index (κ2) is 10.4. The first-order chi connectivity index (χ1) is 14.9. The maximum absolute atomic E-state index is 14.1. The van der Waals surface area contributed by atoms with Crippen LogP contribution in [0.4, 0.5) is 21.5 Å². The van der Waals surface area contributed by atoms with Crippen LogP contribution in [0, 0.1) is 5.82 Å². The van der Waals surface area contributed by atoms with Crippen molar-refractivity contribution >= 4 is 40.5 Å². The molecule has 0 heterocycles. The highest BCUT2D eigenvalue weighted by atomic mass is 35.5. The van der Waals surface area contributed by atoms with Crippen LogP contribution in [0.1, 0.15) is 5.56 Å². The molecule has 0 fully saturated rings. The van der Waals surface area contributed by atoms with Gasteiger partial charge in [0.2, 0.25) is 11.8 Å². The molecular weight excluding hydrogens is 421 g/mol. The van der Waals surface area contributed by atoms with Gasteiger partial charge in [0.15, 0.2) is 0 Å². The molecule has 0 unspecified atom stereocenters. The van der Waals surface area contributed by atoms with Crippen molar-refractivity contribution in [3.63, 3.8) is 0 Å². The number of methoxy groups -OCH3 is 1. The van der Waals surface area contributed by atoms with E-state index in [-0.39, 0.29) is 30.5 Å². The topological polar surface area (TPSA) is 79.5 Å². The van der Waals surface area contributed by atoms with E-state index in [9.17, 15) is 14.0 Å². The molecule has 3 aromatic carbocycles. The number of hydrogen-bond acceptors (Lipinski definition) is 4. The Labute approximate surface area is 184 Å². The van der Waals surface area contributed by atoms with Crippen LogP contribution in [0.25, 0.3) is 0 Å². The van der Waals surface area contributed by atoms with Crippen molar-refractivity contribution in [2.24, 2.45) is 0 Å². The Morgan fingerprint density at radius 1 is 0.935 bits per heavy atom. The molecule has 0 radical (unpaired) electrons. The van der Waals surface area contributed by atoms with E-state index in [1.165, 1.54) is 25.3 Å². The second-order valence-electron chi connectivity index (χ2n) is 6.65. The average Bonchev–Trinajstić information content (AvgIpc) is 2.75. The highest BCUT2D eigenvalue weighted by Gasteiger charge is 2.11. The van der Waals surface area contributed by atoms with Gasteiger partial charge in [-0.15, -0.1) is 0 Å². The highest BCUT2D eigenvalue weighted by molar-refractivity contribution is 6.31. The van der Waals surface area contributed by atoms with Crippen LogP contribution in [0.2, 0.25) is 5.02 Å². The smallest absolute Gasteiger partial charge is 0.243 e. The molecule has 0 bridgehead atoms. The third kappa shape index (κ3) is 6.45. The van der Waals surface area contributed by atoms with Gasteiger partial charge in [-0.05, 0) is 42.0 Å². The van der Waals surface area contributed by atoms with Gasteiger partial charge in [0.05, 0.1) is 31.5 Å². The molecule has 160 valence electrons. The third-order valence-electron chi connectivity index (χ3n) is 4.34. The molecule has 3 aromatic rings. The van der Waals surface area contributed by atoms with Crippen LogP contribution >= 0.6 is 11.6 Å². The summed E-state index contributed by atoms with van der Waals surface area (Å²) in [4.78, 5) is 24.5. The normalized spacial score (nSPS) is 10.3. The largest absolute Gasteiger partial charge is 0.495 e. The average molecular weight is 442 g/mol. The lowest BCUT2D eigenvalue weighted by molar-refractivity contribution is -0.116. The number of anilines is 3. The summed E-state index contributed by atoms with van der Waals surface area (Å²) in [6.45, 7) is -0.0846. The molecule has 0 aliphatic heterocycles. The monoisotopic (exact) mass is 441 g/mol. The molecule has 0 atom stereocenters. The highest BCUT2D eigenvalue weighted by Crippen LogP contribution is 2.27. The number of hydrogen-bond donors (Lipinski definition) is 3. The summed E-state index contributed by atoms with van der Waals surface area (Å²) in [5, 5.41) is 8.63. The number of rotatable bonds is 8. The lowest BCUT2D eigenvalue weighted by Crippen LogP contribution is -2.22. The number of halogens is 2. The van der Waals surface area contributed by atoms with Crippen LogP contribution in [0.3, 0.4) is 0 Å². The lowest BCUT2D eigenvalue weighted by atomic mass is 10.1. The standard InChI is InChI=1S/C23H21ClFN3O3/c1-31-21-10-7-16(24)12-20(21)28-23(30)14-26-17-8-9-18(25)19(13-17)27-22(29)11-15-5-3-2-4-6-15/h2-10,12-13,26H,11,14H2,1H3,(H,27,29)(H,28,30). The van der Waals surface area contributed by atoms with Crippen LogP contribution in [0.5, 0.6) is 5.75 Å². The zero-order valence-corrected chi connectivity index (χ0v) is 17.5. The van der Waals surface area contributed by atoms with Gasteiger partial charge in [0.25, 0.3) is 0 Å². The first-order valence-electron chi connectivity index (χ1n) is 9.45. The van der Waals surface area contributed by atoms with E-state index >= 15 is 0 Å². The number of carbonyl (C=O) groups excluding carboxylic acids is 2. The number of amides is 2. The minimum absolute atomic E-state index is 0.0304. The Morgan fingerprint density at radius 3 is 2.42 bits per heavy atom. The zero-order valence-electron chi connectivity index (χ0n) is 16.7. The van der Waals surface area contributed by atoms with Crippen molar-refractivity contribution in [1.29, 1.82) is 0 Å². The Balaban J connectivity index is 1.59. The van der Waals surface area contributed by atoms with Crippen molar-refractivity contribution < 1.29 is 18.7 Å². The number of nitrogens with one attached hydrogen (secondary N) is 3. The number of ether oxygens (including phenoxy) is 1. The third-order valence-corrected chi connectivity index (χ3v) is 4.57. The molecular formula is C23H21ClFN3O3. The lowest BCUT2D eigenvalue weighted by Gasteiger charge is -2.13. The SMILES string of the molecule is COc1ccc(Cl)cc1NC(=O)CNc1ccc(F)c(NC(=O)Cc2ccccc2)c1. The van der Waals surface area contributed by atoms with E-state index in [1.807, 2.05) is 30.3 Å². The first kappa shape index (κ1) is 22.1. The summed E-state index contributed by atoms with van der Waals surface area (Å²) < 4.78 is 19.3. The summed E-state index contributed by atoms with van der Waals surface area (Å²) >= 11 is 5.96. The molecule has 6 nitrogen and oxygen atoms in total. The van der Waals surface area contributed by atoms with E-state index < -0.39 is 5.82 Å². The van der Waals surface area contributed by atoms with Gasteiger partial charge < -0.3 is 20.7 Å². The van der Waals surface area contributed by atoms with E-state index in [4.69, 9.17) is 16.3 Å². The van der Waals surface area contributed by atoms with Gasteiger partial charge in [-0.25, -0.2) is 4.39 Å². The van der Waals surface area contributed by atoms with Crippen LogP contribution in [0.15, 0.2) is 66.7 Å². The number of benzene rings is 3. The fraction of sp³-hybridized carbons (Fsp3) is 0.130. The fourth-order valence-electron chi connectivity index (χ4n) is 2.86. The van der Waals surface area contributed by atoms with Gasteiger partial charge in [-0.2, -0.15) is 0 Å². The van der Waals surface area contributed by atoms with Gasteiger partial charge in [-0.3, -0.25) is 9.59 Å². The van der Waals surface area contributed by atoms with E-state index in [2.05, 4.69) is 16.0 Å². The van der Waals surface area contributed by atoms with Crippen LogP contribution < -0.4 is 20.7 Å². The molecule has 8 heteroatoms. The fourth-order valence-corrected chi connectivity index (χ4v) is 3.03. The van der Waals surface area contributed by atoms with Crippen molar-refractivity contribution in [3.05, 3.63) is 83.1 Å². The van der Waals surface area contributed by atoms with Gasteiger partial charge in [0.1, 0.15) is 11.6 Å². The van der Waals surface area contributed by atoms with Crippen LogP contribution in [-0.4, -0.2) is 25.5 Å². The van der Waals surface area contributed by atoms with E-state index in [1.54, 1.807) is 18.2 Å². The summed E-state index contributed by atoms with van der Waals surface area (Å²) in [5.41, 5.74) is 1.77. The molecule has 0 aromatic heterocycles. The van der Waals surface area contributed by atoms with Crippen molar-refractivity contribution in [2.45, 2.75) is 6.42 Å². The Kier molecular flexibility index (Phi) is 7.45. The van der Waals surface area contributed by atoms with E-state index in [0.717, 1.165) is 5.56 Å². The molecule has 0 aliphatic rings. The van der Waals surface area contributed by atoms with Crippen molar-refractivity contribution in [1.82, 2.24) is 0 Å². The molecule has 0 spiro atoms. The second-order valence-corrected chi connectivity index (χ2v) is 7.09. The first-order valence-corrected chi connectivity index (χ1v) is 9.83. The van der Waals surface area contributed by atoms with Crippen molar-refractivity contribution in [2.75, 3.05) is 29.6 Å². The Morgan fingerprint density at radius 2 is 1.68 bits per heavy atom. The van der Waals surface area contributed by atoms with Crippen LogP contribution in [-0.2, 0) is 16.0 Å². The Hall–Kier alpha value is -3.58. The summed E-state index contributed by atoms with van der Waals surface area (Å²) in [7, 11) is 1.49. The maximum Gasteiger partial charge on any atom is 0.243 e. The molecule has 2 amide bonds. The van der Waals surface area contributed by atoms with Crippen molar-refractivity contribution in [3.8, 4) is 5.75 Å². The van der Waals surface area contributed by atoms with Gasteiger partial charge in [-0.1, -0.05) is 41.9 Å². The minimum atomic E-state index is -0.569. The molecule has 0 aliphatic carbocycles. The predicted molar refractivity (Wildman–Crippen MR) is 120 cm³/mol. The number of carbonyl (C=O) groups is 2. The molecule has 3 N–H and O–H groups in total. The summed E-state index contributed by atoms with van der Waals surface area (Å²) in [6, 6.07) is 18.2. The Bertz CT molecular complexity index is 1080. The molecule has 0 saturated carbocycles. The zero-order chi connectivity index (χ0) is 22.2. The molecule has 0 saturated heterocycles. The predicted octanol–water partition coefficient (Wildman–Crippen LogP) is 4.72. The molecule has 3 rings (SSSR count). The van der Waals surface area contributed by atoms with E-state index in [0.29, 0.717) is 22.1 Å². The van der Waals surface area contributed by atoms with Gasteiger partial charge >= 0.3 is 0 Å². The summed E-state index contributed by atoms with van der Waals surface area (Å²) in [6.07, 6.45) is 0.127. The molecule has 31 heavy (non-hydrogen) atoms. The minimum Gasteiger partial charge on any atom is -0.495 e. The quantitative estimate of drug-likeness (QED) is 0.472. The van der Waals surface area contributed by atoms with Gasteiger partial charge in [0, 0.05) is 10.7 Å². The maximum atomic E-state index is 14.1. The summed E-state index contributed by atoms with van der Waals surface area (Å²) in [5.74, 6) is -0.782.